The number of nitrogens with one attached hydrogen (secondary N) is 1. The largest absolute Gasteiger partial charge is 0.467 e. The summed E-state index contributed by atoms with van der Waals surface area (Å²) in [5.74, 6) is -4.00. The van der Waals surface area contributed by atoms with Crippen molar-refractivity contribution in [2.24, 2.45) is 14.1 Å². The van der Waals surface area contributed by atoms with Crippen LogP contribution in [-0.4, -0.2) is 34.2 Å². The van der Waals surface area contributed by atoms with Crippen LogP contribution in [0.4, 0.5) is 8.78 Å². The lowest BCUT2D eigenvalue weighted by Crippen LogP contribution is -2.43. The maximum atomic E-state index is 13.9. The molecule has 10 heteroatoms. The Kier molecular flexibility index (Phi) is 7.09. The average Bonchev–Trinajstić information content (AvgIpc) is 2.81. The molecule has 178 valence electrons. The Morgan fingerprint density at radius 2 is 1.59 bits per heavy atom. The van der Waals surface area contributed by atoms with Crippen molar-refractivity contribution in [2.75, 3.05) is 7.11 Å². The van der Waals surface area contributed by atoms with Crippen LogP contribution >= 0.6 is 0 Å². The van der Waals surface area contributed by atoms with Gasteiger partial charge in [0, 0.05) is 26.2 Å². The van der Waals surface area contributed by atoms with Crippen LogP contribution in [0.1, 0.15) is 21.6 Å². The number of ether oxygens (including phenoxy) is 1. The third-order valence-electron chi connectivity index (χ3n) is 5.62. The van der Waals surface area contributed by atoms with Gasteiger partial charge in [-0.25, -0.2) is 18.4 Å². The smallest absolute Gasteiger partial charge is 0.330 e. The highest BCUT2D eigenvalue weighted by atomic mass is 19.1. The fraction of sp³-hybridized carbons (Fsp3) is 0.250. The summed E-state index contributed by atoms with van der Waals surface area (Å²) in [6, 6.07) is 8.38. The number of rotatable bonds is 6. The molecule has 0 spiro atoms. The molecule has 8 nitrogen and oxygen atoms in total. The van der Waals surface area contributed by atoms with Crippen molar-refractivity contribution >= 4 is 11.9 Å². The number of hydrogen-bond donors (Lipinski definition) is 1. The van der Waals surface area contributed by atoms with Gasteiger partial charge < -0.3 is 14.6 Å². The Labute approximate surface area is 193 Å². The Bertz CT molecular complexity index is 1360. The normalized spacial score (nSPS) is 11.7. The minimum absolute atomic E-state index is 0.0287. The zero-order chi connectivity index (χ0) is 25.2. The maximum Gasteiger partial charge on any atom is 0.330 e. The number of methoxy groups -OCH3 is 1. The minimum atomic E-state index is -1.21. The lowest BCUT2D eigenvalue weighted by molar-refractivity contribution is -0.142. The molecule has 0 aliphatic rings. The molecule has 3 aromatic rings. The summed E-state index contributed by atoms with van der Waals surface area (Å²) in [5, 5.41) is 2.31. The van der Waals surface area contributed by atoms with Crippen LogP contribution in [0.15, 0.2) is 52.1 Å². The first kappa shape index (κ1) is 24.6. The number of amides is 1. The number of halogens is 2. The molecule has 0 aliphatic heterocycles. The monoisotopic (exact) mass is 471 g/mol. The van der Waals surface area contributed by atoms with Crippen molar-refractivity contribution in [2.45, 2.75) is 19.4 Å². The standard InChI is InChI=1S/C24H23F2N3O5/c1-13-19(22(31)29(3)24(33)28(13)2)15-10-8-14(9-11-15)12-18(23(32)34-4)27-21(30)20-16(25)6-5-7-17(20)26/h5-11,18H,12H2,1-4H3,(H,27,30)/t18-/m0/s1. The van der Waals surface area contributed by atoms with E-state index < -0.39 is 46.4 Å². The number of carbonyl (C=O) groups excluding carboxylic acids is 2. The predicted octanol–water partition coefficient (Wildman–Crippen LogP) is 1.85. The minimum Gasteiger partial charge on any atom is -0.467 e. The SMILES string of the molecule is COC(=O)[C@H](Cc1ccc(-c2c(C)n(C)c(=O)n(C)c2=O)cc1)NC(=O)c1c(F)cccc1F. The lowest BCUT2D eigenvalue weighted by Gasteiger charge is -2.17. The molecule has 1 heterocycles. The van der Waals surface area contributed by atoms with Gasteiger partial charge in [-0.05, 0) is 30.2 Å². The van der Waals surface area contributed by atoms with Crippen LogP contribution in [0.5, 0.6) is 0 Å². The molecular weight excluding hydrogens is 448 g/mol. The van der Waals surface area contributed by atoms with E-state index in [1.165, 1.54) is 11.6 Å². The Morgan fingerprint density at radius 3 is 2.15 bits per heavy atom. The zero-order valence-electron chi connectivity index (χ0n) is 19.0. The van der Waals surface area contributed by atoms with Crippen LogP contribution in [0.3, 0.4) is 0 Å². The Hall–Kier alpha value is -4.08. The van der Waals surface area contributed by atoms with E-state index in [2.05, 4.69) is 5.32 Å². The maximum absolute atomic E-state index is 13.9. The highest BCUT2D eigenvalue weighted by Gasteiger charge is 2.26. The fourth-order valence-corrected chi connectivity index (χ4v) is 3.60. The van der Waals surface area contributed by atoms with Crippen molar-refractivity contribution in [3.8, 4) is 11.1 Å². The molecule has 1 atom stereocenters. The second-order valence-electron chi connectivity index (χ2n) is 7.71. The first-order valence-corrected chi connectivity index (χ1v) is 10.3. The summed E-state index contributed by atoms with van der Waals surface area (Å²) in [6.45, 7) is 1.66. The molecule has 1 aromatic heterocycles. The molecule has 0 aliphatic carbocycles. The van der Waals surface area contributed by atoms with E-state index in [1.807, 2.05) is 0 Å². The number of nitrogens with zero attached hydrogens (tertiary/aromatic N) is 2. The van der Waals surface area contributed by atoms with Crippen LogP contribution < -0.4 is 16.6 Å². The molecule has 3 rings (SSSR count). The van der Waals surface area contributed by atoms with Gasteiger partial charge in [-0.3, -0.25) is 14.2 Å². The van der Waals surface area contributed by atoms with E-state index in [0.717, 1.165) is 29.9 Å². The number of carbonyl (C=O) groups is 2. The molecule has 0 bridgehead atoms. The molecule has 1 amide bonds. The highest BCUT2D eigenvalue weighted by Crippen LogP contribution is 2.20. The van der Waals surface area contributed by atoms with Gasteiger partial charge in [0.15, 0.2) is 0 Å². The van der Waals surface area contributed by atoms with Crippen LogP contribution in [0.2, 0.25) is 0 Å². The number of hydrogen-bond acceptors (Lipinski definition) is 5. The Morgan fingerprint density at radius 1 is 1.00 bits per heavy atom. The first-order chi connectivity index (χ1) is 16.1. The second-order valence-corrected chi connectivity index (χ2v) is 7.71. The summed E-state index contributed by atoms with van der Waals surface area (Å²) in [5.41, 5.74) is 0.312. The molecule has 1 N–H and O–H groups in total. The lowest BCUT2D eigenvalue weighted by atomic mass is 10.00. The first-order valence-electron chi connectivity index (χ1n) is 10.3. The summed E-state index contributed by atoms with van der Waals surface area (Å²) < 4.78 is 35.0. The molecule has 0 fully saturated rings. The van der Waals surface area contributed by atoms with E-state index in [-0.39, 0.29) is 6.42 Å². The van der Waals surface area contributed by atoms with Crippen molar-refractivity contribution < 1.29 is 23.1 Å². The van der Waals surface area contributed by atoms with Gasteiger partial charge >= 0.3 is 11.7 Å². The summed E-state index contributed by atoms with van der Waals surface area (Å²) in [6.07, 6.45) is -0.0287. The summed E-state index contributed by atoms with van der Waals surface area (Å²) in [7, 11) is 4.09. The summed E-state index contributed by atoms with van der Waals surface area (Å²) >= 11 is 0. The van der Waals surface area contributed by atoms with E-state index >= 15 is 0 Å². The van der Waals surface area contributed by atoms with E-state index in [9.17, 15) is 28.0 Å². The Balaban J connectivity index is 1.89. The third-order valence-corrected chi connectivity index (χ3v) is 5.62. The number of benzene rings is 2. The molecular formula is C24H23F2N3O5. The molecule has 0 radical (unpaired) electrons. The number of aromatic nitrogens is 2. The van der Waals surface area contributed by atoms with Crippen molar-refractivity contribution in [3.05, 3.63) is 91.8 Å². The topological polar surface area (TPSA) is 99.4 Å². The third kappa shape index (κ3) is 4.66. The average molecular weight is 471 g/mol. The molecule has 0 saturated heterocycles. The van der Waals surface area contributed by atoms with Gasteiger partial charge in [0.2, 0.25) is 0 Å². The second kappa shape index (κ2) is 9.82. The molecule has 0 saturated carbocycles. The van der Waals surface area contributed by atoms with Gasteiger partial charge in [-0.2, -0.15) is 0 Å². The molecule has 0 unspecified atom stereocenters. The van der Waals surface area contributed by atoms with Gasteiger partial charge in [-0.15, -0.1) is 0 Å². The fourth-order valence-electron chi connectivity index (χ4n) is 3.60. The summed E-state index contributed by atoms with van der Waals surface area (Å²) in [4.78, 5) is 49.4. The van der Waals surface area contributed by atoms with Gasteiger partial charge in [0.05, 0.1) is 12.7 Å². The van der Waals surface area contributed by atoms with E-state index in [0.29, 0.717) is 22.4 Å². The van der Waals surface area contributed by atoms with Gasteiger partial charge in [0.1, 0.15) is 23.2 Å². The zero-order valence-corrected chi connectivity index (χ0v) is 19.0. The van der Waals surface area contributed by atoms with Crippen molar-refractivity contribution in [3.63, 3.8) is 0 Å². The van der Waals surface area contributed by atoms with Crippen molar-refractivity contribution in [1.82, 2.24) is 14.5 Å². The van der Waals surface area contributed by atoms with E-state index in [1.54, 1.807) is 38.2 Å². The molecule has 34 heavy (non-hydrogen) atoms. The highest BCUT2D eigenvalue weighted by molar-refractivity contribution is 5.97. The van der Waals surface area contributed by atoms with Crippen LogP contribution in [-0.2, 0) is 30.0 Å². The quantitative estimate of drug-likeness (QED) is 0.554. The van der Waals surface area contributed by atoms with Gasteiger partial charge in [-0.1, -0.05) is 30.3 Å². The van der Waals surface area contributed by atoms with Crippen molar-refractivity contribution in [1.29, 1.82) is 0 Å². The van der Waals surface area contributed by atoms with E-state index in [4.69, 9.17) is 4.74 Å². The number of esters is 1. The van der Waals surface area contributed by atoms with Crippen LogP contribution in [0, 0.1) is 18.6 Å². The van der Waals surface area contributed by atoms with Gasteiger partial charge in [0.25, 0.3) is 11.5 Å². The van der Waals surface area contributed by atoms with Crippen LogP contribution in [0.25, 0.3) is 11.1 Å². The predicted molar refractivity (Wildman–Crippen MR) is 120 cm³/mol. The molecule has 2 aromatic carbocycles.